The first kappa shape index (κ1) is 17.8. The van der Waals surface area contributed by atoms with Crippen LogP contribution in [0.15, 0.2) is 24.3 Å². The summed E-state index contributed by atoms with van der Waals surface area (Å²) in [5.41, 5.74) is -0.555. The Kier molecular flexibility index (Phi) is 5.34. The van der Waals surface area contributed by atoms with Crippen LogP contribution >= 0.6 is 0 Å². The molecular weight excluding hydrogens is 307 g/mol. The van der Waals surface area contributed by atoms with E-state index in [1.165, 1.54) is 12.1 Å². The summed E-state index contributed by atoms with van der Waals surface area (Å²) in [5.74, 6) is -0.253. The van der Waals surface area contributed by atoms with Crippen LogP contribution in [-0.2, 0) is 21.1 Å². The molecule has 1 heterocycles. The number of hydrogen-bond acceptors (Lipinski definition) is 2. The number of rotatable bonds is 4. The Labute approximate surface area is 134 Å². The van der Waals surface area contributed by atoms with Gasteiger partial charge in [0, 0.05) is 31.1 Å². The topological polar surface area (TPSA) is 38.3 Å². The normalized spacial score (nSPS) is 18.0. The van der Waals surface area contributed by atoms with Crippen LogP contribution in [0.2, 0.25) is 0 Å². The summed E-state index contributed by atoms with van der Waals surface area (Å²) in [7, 11) is 0. The van der Waals surface area contributed by atoms with Gasteiger partial charge in [-0.25, -0.2) is 0 Å². The van der Waals surface area contributed by atoms with Crippen molar-refractivity contribution < 1.29 is 22.7 Å². The fourth-order valence-electron chi connectivity index (χ4n) is 2.82. The number of hydrogen-bond donors (Lipinski definition) is 1. The first-order chi connectivity index (χ1) is 10.7. The van der Waals surface area contributed by atoms with Gasteiger partial charge in [0.25, 0.3) is 0 Å². The number of carbonyl (C=O) groups excluding carboxylic acids is 1. The second kappa shape index (κ2) is 6.91. The maximum atomic E-state index is 13.0. The van der Waals surface area contributed by atoms with Gasteiger partial charge in [0.05, 0.1) is 5.56 Å². The Morgan fingerprint density at radius 1 is 1.30 bits per heavy atom. The van der Waals surface area contributed by atoms with Crippen molar-refractivity contribution >= 4 is 5.91 Å². The highest BCUT2D eigenvalue weighted by Crippen LogP contribution is 2.37. The average Bonchev–Trinajstić information content (AvgIpc) is 2.52. The van der Waals surface area contributed by atoms with Gasteiger partial charge in [-0.2, -0.15) is 13.2 Å². The van der Waals surface area contributed by atoms with Crippen molar-refractivity contribution in [2.45, 2.75) is 38.3 Å². The largest absolute Gasteiger partial charge is 0.416 e. The number of carbonyl (C=O) groups is 1. The number of alkyl halides is 3. The molecule has 0 unspecified atom stereocenters. The first-order valence-electron chi connectivity index (χ1n) is 7.78. The Morgan fingerprint density at radius 3 is 2.52 bits per heavy atom. The summed E-state index contributed by atoms with van der Waals surface area (Å²) in [6.45, 7) is 4.86. The maximum absolute atomic E-state index is 13.0. The predicted octanol–water partition coefficient (Wildman–Crippen LogP) is 3.53. The molecule has 1 N–H and O–H groups in total. The van der Waals surface area contributed by atoms with Crippen molar-refractivity contribution in [2.75, 3.05) is 19.8 Å². The molecule has 23 heavy (non-hydrogen) atoms. The second-order valence-electron chi connectivity index (χ2n) is 6.34. The molecule has 2 rings (SSSR count). The van der Waals surface area contributed by atoms with Crippen molar-refractivity contribution in [3.63, 3.8) is 0 Å². The summed E-state index contributed by atoms with van der Waals surface area (Å²) in [6.07, 6.45) is -3.19. The van der Waals surface area contributed by atoms with Crippen molar-refractivity contribution in [2.24, 2.45) is 5.92 Å². The van der Waals surface area contributed by atoms with Crippen LogP contribution in [0.5, 0.6) is 0 Å². The molecule has 0 aromatic heterocycles. The van der Waals surface area contributed by atoms with E-state index in [-0.39, 0.29) is 11.8 Å². The summed E-state index contributed by atoms with van der Waals surface area (Å²) in [4.78, 5) is 11.9. The maximum Gasteiger partial charge on any atom is 0.416 e. The molecule has 0 aliphatic carbocycles. The molecule has 1 aliphatic heterocycles. The smallest absolute Gasteiger partial charge is 0.381 e. The highest BCUT2D eigenvalue weighted by molar-refractivity contribution is 5.77. The molecule has 1 saturated heterocycles. The number of amides is 1. The van der Waals surface area contributed by atoms with Gasteiger partial charge in [-0.05, 0) is 24.5 Å². The highest BCUT2D eigenvalue weighted by atomic mass is 19.4. The molecule has 128 valence electrons. The molecule has 0 bridgehead atoms. The van der Waals surface area contributed by atoms with Gasteiger partial charge in [0.2, 0.25) is 5.91 Å². The monoisotopic (exact) mass is 329 g/mol. The van der Waals surface area contributed by atoms with E-state index in [0.717, 1.165) is 6.07 Å². The Morgan fingerprint density at radius 2 is 1.96 bits per heavy atom. The number of benzene rings is 1. The van der Waals surface area contributed by atoms with Crippen LogP contribution in [0.3, 0.4) is 0 Å². The van der Waals surface area contributed by atoms with Crippen molar-refractivity contribution in [1.29, 1.82) is 0 Å². The van der Waals surface area contributed by atoms with E-state index in [1.807, 2.05) is 0 Å². The van der Waals surface area contributed by atoms with Gasteiger partial charge in [-0.1, -0.05) is 32.0 Å². The minimum absolute atomic E-state index is 0.0946. The standard InChI is InChI=1S/C17H22F3NO2/c1-12(2)15(22)21-11-16(6-8-23-9-7-16)13-4-3-5-14(10-13)17(18,19)20/h3-5,10,12H,6-9,11H2,1-2H3,(H,21,22). The lowest BCUT2D eigenvalue weighted by molar-refractivity contribution is -0.137. The third-order valence-corrected chi connectivity index (χ3v) is 4.38. The summed E-state index contributed by atoms with van der Waals surface area (Å²) in [6, 6.07) is 5.41. The third kappa shape index (κ3) is 4.25. The molecule has 3 nitrogen and oxygen atoms in total. The van der Waals surface area contributed by atoms with Crippen molar-refractivity contribution in [3.8, 4) is 0 Å². The molecule has 0 radical (unpaired) electrons. The lowest BCUT2D eigenvalue weighted by Crippen LogP contribution is -2.45. The predicted molar refractivity (Wildman–Crippen MR) is 81.0 cm³/mol. The zero-order chi connectivity index (χ0) is 17.1. The molecule has 0 atom stereocenters. The number of nitrogens with one attached hydrogen (secondary N) is 1. The minimum atomic E-state index is -4.37. The summed E-state index contributed by atoms with van der Waals surface area (Å²) >= 11 is 0. The second-order valence-corrected chi connectivity index (χ2v) is 6.34. The van der Waals surface area contributed by atoms with Crippen LogP contribution in [0.4, 0.5) is 13.2 Å². The van der Waals surface area contributed by atoms with Crippen molar-refractivity contribution in [1.82, 2.24) is 5.32 Å². The van der Waals surface area contributed by atoms with Crippen LogP contribution in [0, 0.1) is 5.92 Å². The lowest BCUT2D eigenvalue weighted by atomic mass is 9.73. The van der Waals surface area contributed by atoms with Crippen LogP contribution < -0.4 is 5.32 Å². The zero-order valence-corrected chi connectivity index (χ0v) is 13.4. The molecule has 1 fully saturated rings. The molecule has 1 aliphatic rings. The van der Waals surface area contributed by atoms with Gasteiger partial charge in [-0.15, -0.1) is 0 Å². The number of ether oxygens (including phenoxy) is 1. The van der Waals surface area contributed by atoms with E-state index in [1.54, 1.807) is 19.9 Å². The van der Waals surface area contributed by atoms with Gasteiger partial charge >= 0.3 is 6.18 Å². The zero-order valence-electron chi connectivity index (χ0n) is 13.4. The van der Waals surface area contributed by atoms with E-state index >= 15 is 0 Å². The van der Waals surface area contributed by atoms with Crippen LogP contribution in [0.25, 0.3) is 0 Å². The molecule has 0 saturated carbocycles. The Bertz CT molecular complexity index is 549. The summed E-state index contributed by atoms with van der Waals surface area (Å²) < 4.78 is 44.3. The van der Waals surface area contributed by atoms with Gasteiger partial charge in [0.1, 0.15) is 0 Å². The van der Waals surface area contributed by atoms with Crippen LogP contribution in [-0.4, -0.2) is 25.7 Å². The molecule has 1 aromatic carbocycles. The Balaban J connectivity index is 2.29. The van der Waals surface area contributed by atoms with Gasteiger partial charge < -0.3 is 10.1 Å². The van der Waals surface area contributed by atoms with E-state index in [2.05, 4.69) is 5.32 Å². The SMILES string of the molecule is CC(C)C(=O)NCC1(c2cccc(C(F)(F)F)c2)CCOCC1. The lowest BCUT2D eigenvalue weighted by Gasteiger charge is -2.38. The first-order valence-corrected chi connectivity index (χ1v) is 7.78. The Hall–Kier alpha value is -1.56. The summed E-state index contributed by atoms with van der Waals surface area (Å²) in [5, 5.41) is 2.87. The molecular formula is C17H22F3NO2. The van der Waals surface area contributed by atoms with Crippen LogP contribution in [0.1, 0.15) is 37.8 Å². The molecule has 1 amide bonds. The highest BCUT2D eigenvalue weighted by Gasteiger charge is 2.37. The van der Waals surface area contributed by atoms with Gasteiger partial charge in [0.15, 0.2) is 0 Å². The minimum Gasteiger partial charge on any atom is -0.381 e. The van der Waals surface area contributed by atoms with E-state index < -0.39 is 17.2 Å². The fourth-order valence-corrected chi connectivity index (χ4v) is 2.82. The molecule has 0 spiro atoms. The molecule has 1 aromatic rings. The van der Waals surface area contributed by atoms with E-state index in [4.69, 9.17) is 4.74 Å². The molecule has 6 heteroatoms. The van der Waals surface area contributed by atoms with E-state index in [0.29, 0.717) is 38.2 Å². The quantitative estimate of drug-likeness (QED) is 0.918. The fraction of sp³-hybridized carbons (Fsp3) is 0.588. The van der Waals surface area contributed by atoms with Gasteiger partial charge in [-0.3, -0.25) is 4.79 Å². The average molecular weight is 329 g/mol. The van der Waals surface area contributed by atoms with Crippen molar-refractivity contribution in [3.05, 3.63) is 35.4 Å². The number of halogens is 3. The third-order valence-electron chi connectivity index (χ3n) is 4.38. The van der Waals surface area contributed by atoms with E-state index in [9.17, 15) is 18.0 Å².